The Morgan fingerprint density at radius 3 is 2.48 bits per heavy atom. The van der Waals surface area contributed by atoms with Gasteiger partial charge in [0.1, 0.15) is 24.2 Å². The molecule has 1 atom stereocenters. The number of rotatable bonds is 6. The fourth-order valence-electron chi connectivity index (χ4n) is 2.81. The van der Waals surface area contributed by atoms with E-state index in [1.807, 2.05) is 0 Å². The minimum atomic E-state index is -1.02. The topological polar surface area (TPSA) is 72.9 Å². The van der Waals surface area contributed by atoms with Gasteiger partial charge in [-0.25, -0.2) is 9.18 Å². The van der Waals surface area contributed by atoms with Crippen molar-refractivity contribution in [3.05, 3.63) is 67.2 Å². The second kappa shape index (κ2) is 9.97. The minimum Gasteiger partial charge on any atom is -0.486 e. The third kappa shape index (κ3) is 5.19. The van der Waals surface area contributed by atoms with Gasteiger partial charge >= 0.3 is 5.97 Å². The van der Waals surface area contributed by atoms with Crippen molar-refractivity contribution in [2.45, 2.75) is 19.6 Å². The van der Waals surface area contributed by atoms with Gasteiger partial charge in [0.2, 0.25) is 0 Å². The molecule has 2 aromatic rings. The lowest BCUT2D eigenvalue weighted by Crippen LogP contribution is -2.42. The second-order valence-corrected chi connectivity index (χ2v) is 9.15. The van der Waals surface area contributed by atoms with Crippen LogP contribution in [0.3, 0.4) is 0 Å². The zero-order valence-electron chi connectivity index (χ0n) is 16.4. The van der Waals surface area contributed by atoms with E-state index in [4.69, 9.17) is 4.74 Å². The van der Waals surface area contributed by atoms with Crippen LogP contribution in [0.15, 0.2) is 50.2 Å². The van der Waals surface area contributed by atoms with Crippen molar-refractivity contribution in [1.29, 1.82) is 0 Å². The molecule has 1 aliphatic heterocycles. The summed E-state index contributed by atoms with van der Waals surface area (Å²) in [6.07, 6.45) is 1.55. The molecule has 0 radical (unpaired) electrons. The number of ether oxygens (including phenoxy) is 2. The summed E-state index contributed by atoms with van der Waals surface area (Å²) in [5.41, 5.74) is 1.03. The Hall–Kier alpha value is -2.17. The Bertz CT molecular complexity index is 1070. The van der Waals surface area contributed by atoms with E-state index in [1.165, 1.54) is 20.1 Å². The van der Waals surface area contributed by atoms with Gasteiger partial charge in [-0.2, -0.15) is 0 Å². The van der Waals surface area contributed by atoms with Gasteiger partial charge in [0.15, 0.2) is 0 Å². The molecule has 0 aromatic heterocycles. The predicted molar refractivity (Wildman–Crippen MR) is 122 cm³/mol. The SMILES string of the molecule is COC(=O)[C@H](C)N1C(=O)S/C(=C/c2cc(Br)c(OCc3ccccc3F)c(Br)c2)C1=O. The van der Waals surface area contributed by atoms with E-state index in [0.29, 0.717) is 25.8 Å². The monoisotopic (exact) mass is 571 g/mol. The first-order chi connectivity index (χ1) is 14.7. The van der Waals surface area contributed by atoms with Gasteiger partial charge in [0.05, 0.1) is 21.0 Å². The van der Waals surface area contributed by atoms with E-state index in [9.17, 15) is 18.8 Å². The molecule has 1 aliphatic rings. The predicted octanol–water partition coefficient (Wildman–Crippen LogP) is 5.53. The Labute approximate surface area is 199 Å². The normalized spacial score (nSPS) is 16.0. The van der Waals surface area contributed by atoms with Crippen molar-refractivity contribution in [3.63, 3.8) is 0 Å². The average molecular weight is 573 g/mol. The lowest BCUT2D eigenvalue weighted by atomic mass is 10.2. The van der Waals surface area contributed by atoms with E-state index in [1.54, 1.807) is 36.4 Å². The van der Waals surface area contributed by atoms with Gasteiger partial charge in [-0.3, -0.25) is 14.5 Å². The molecule has 1 fully saturated rings. The highest BCUT2D eigenvalue weighted by Gasteiger charge is 2.41. The largest absolute Gasteiger partial charge is 0.486 e. The van der Waals surface area contributed by atoms with E-state index in [0.717, 1.165) is 16.7 Å². The number of thioether (sulfide) groups is 1. The van der Waals surface area contributed by atoms with E-state index in [2.05, 4.69) is 36.6 Å². The fourth-order valence-corrected chi connectivity index (χ4v) is 5.17. The highest BCUT2D eigenvalue weighted by molar-refractivity contribution is 9.11. The number of methoxy groups -OCH3 is 1. The van der Waals surface area contributed by atoms with Crippen LogP contribution in [-0.2, 0) is 20.9 Å². The summed E-state index contributed by atoms with van der Waals surface area (Å²) in [6.45, 7) is 1.47. The zero-order chi connectivity index (χ0) is 22.7. The van der Waals surface area contributed by atoms with Crippen molar-refractivity contribution in [3.8, 4) is 5.75 Å². The molecule has 0 unspecified atom stereocenters. The number of amides is 2. The molecule has 10 heteroatoms. The summed E-state index contributed by atoms with van der Waals surface area (Å²) < 4.78 is 25.3. The number of carbonyl (C=O) groups excluding carboxylic acids is 3. The molecule has 0 bridgehead atoms. The molecule has 0 N–H and O–H groups in total. The van der Waals surface area contributed by atoms with Crippen molar-refractivity contribution in [2.24, 2.45) is 0 Å². The molecule has 1 saturated heterocycles. The van der Waals surface area contributed by atoms with Gasteiger partial charge in [0.25, 0.3) is 11.1 Å². The third-order valence-corrected chi connectivity index (χ3v) is 6.46. The van der Waals surface area contributed by atoms with Gasteiger partial charge in [-0.15, -0.1) is 0 Å². The van der Waals surface area contributed by atoms with E-state index >= 15 is 0 Å². The zero-order valence-corrected chi connectivity index (χ0v) is 20.3. The van der Waals surface area contributed by atoms with Crippen LogP contribution < -0.4 is 4.74 Å². The summed E-state index contributed by atoms with van der Waals surface area (Å²) in [6, 6.07) is 8.72. The Kier molecular flexibility index (Phi) is 7.55. The summed E-state index contributed by atoms with van der Waals surface area (Å²) in [5.74, 6) is -1.14. The maximum atomic E-state index is 13.8. The number of hydrogen-bond donors (Lipinski definition) is 0. The van der Waals surface area contributed by atoms with Crippen molar-refractivity contribution in [2.75, 3.05) is 7.11 Å². The molecule has 6 nitrogen and oxygen atoms in total. The van der Waals surface area contributed by atoms with Crippen LogP contribution in [-0.4, -0.2) is 35.2 Å². The molecule has 2 amide bonds. The lowest BCUT2D eigenvalue weighted by molar-refractivity contribution is -0.148. The standard InChI is InChI=1S/C21H16Br2FNO5S/c1-11(20(27)29-2)25-19(26)17(31-21(25)28)9-12-7-14(22)18(15(23)8-12)30-10-13-5-3-4-6-16(13)24/h3-9,11H,10H2,1-2H3/b17-9+/t11-/m0/s1. The molecule has 0 spiro atoms. The van der Waals surface area contributed by atoms with Gasteiger partial charge in [0, 0.05) is 5.56 Å². The van der Waals surface area contributed by atoms with Gasteiger partial charge in [-0.1, -0.05) is 18.2 Å². The number of halogens is 3. The molecule has 162 valence electrons. The molecular weight excluding hydrogens is 557 g/mol. The number of carbonyl (C=O) groups is 3. The molecule has 1 heterocycles. The number of esters is 1. The van der Waals surface area contributed by atoms with Crippen LogP contribution in [0.5, 0.6) is 5.75 Å². The maximum Gasteiger partial charge on any atom is 0.328 e. The quantitative estimate of drug-likeness (QED) is 0.335. The van der Waals surface area contributed by atoms with Crippen LogP contribution >= 0.6 is 43.6 Å². The van der Waals surface area contributed by atoms with Crippen molar-refractivity contribution >= 4 is 66.8 Å². The molecule has 3 rings (SSSR count). The first-order valence-electron chi connectivity index (χ1n) is 8.93. The Morgan fingerprint density at radius 2 is 1.87 bits per heavy atom. The van der Waals surface area contributed by atoms with Crippen LogP contribution in [0.1, 0.15) is 18.1 Å². The number of nitrogens with zero attached hydrogens (tertiary/aromatic N) is 1. The second-order valence-electron chi connectivity index (χ2n) is 6.44. The van der Waals surface area contributed by atoms with Crippen LogP contribution in [0.4, 0.5) is 9.18 Å². The molecule has 31 heavy (non-hydrogen) atoms. The molecule has 0 aliphatic carbocycles. The van der Waals surface area contributed by atoms with Crippen LogP contribution in [0.25, 0.3) is 6.08 Å². The number of imide groups is 1. The van der Waals surface area contributed by atoms with E-state index in [-0.39, 0.29) is 17.3 Å². The minimum absolute atomic E-state index is 0.0352. The first kappa shape index (κ1) is 23.5. The number of hydrogen-bond acceptors (Lipinski definition) is 6. The molecule has 2 aromatic carbocycles. The summed E-state index contributed by atoms with van der Waals surface area (Å²) in [7, 11) is 1.19. The van der Waals surface area contributed by atoms with Crippen molar-refractivity contribution < 1.29 is 28.2 Å². The molecule has 0 saturated carbocycles. The van der Waals surface area contributed by atoms with Crippen molar-refractivity contribution in [1.82, 2.24) is 4.90 Å². The summed E-state index contributed by atoms with van der Waals surface area (Å²) in [5, 5.41) is -0.544. The van der Waals surface area contributed by atoms with Gasteiger partial charge in [-0.05, 0) is 80.4 Å². The summed E-state index contributed by atoms with van der Waals surface area (Å²) in [4.78, 5) is 37.6. The highest BCUT2D eigenvalue weighted by Crippen LogP contribution is 2.38. The Balaban J connectivity index is 1.80. The smallest absolute Gasteiger partial charge is 0.328 e. The maximum absolute atomic E-state index is 13.8. The lowest BCUT2D eigenvalue weighted by Gasteiger charge is -2.18. The highest BCUT2D eigenvalue weighted by atomic mass is 79.9. The van der Waals surface area contributed by atoms with Crippen LogP contribution in [0.2, 0.25) is 0 Å². The fraction of sp³-hybridized carbons (Fsp3) is 0.190. The number of benzene rings is 2. The first-order valence-corrected chi connectivity index (χ1v) is 11.3. The summed E-state index contributed by atoms with van der Waals surface area (Å²) >= 11 is 7.59. The van der Waals surface area contributed by atoms with E-state index < -0.39 is 23.2 Å². The average Bonchev–Trinajstić information content (AvgIpc) is 3.00. The van der Waals surface area contributed by atoms with Crippen LogP contribution in [0, 0.1) is 5.82 Å². The van der Waals surface area contributed by atoms with Gasteiger partial charge < -0.3 is 9.47 Å². The Morgan fingerprint density at radius 1 is 1.23 bits per heavy atom. The third-order valence-electron chi connectivity index (χ3n) is 4.40. The molecular formula is C21H16Br2FNO5S.